The molecule has 0 unspecified atom stereocenters. The molecular weight excluding hydrogens is 426 g/mol. The van der Waals surface area contributed by atoms with Gasteiger partial charge in [0, 0.05) is 19.3 Å². The molecule has 4 rings (SSSR count). The lowest BCUT2D eigenvalue weighted by molar-refractivity contribution is 0.0654. The van der Waals surface area contributed by atoms with Gasteiger partial charge in [0.1, 0.15) is 5.69 Å². The number of aromatic nitrogens is 1. The minimum atomic E-state index is -3.72. The fourth-order valence-electron chi connectivity index (χ4n) is 3.79. The Balaban J connectivity index is 1.48. The molecule has 0 saturated heterocycles. The van der Waals surface area contributed by atoms with Crippen LogP contribution in [-0.2, 0) is 16.4 Å². The van der Waals surface area contributed by atoms with Gasteiger partial charge in [-0.25, -0.2) is 8.42 Å². The lowest BCUT2D eigenvalue weighted by Crippen LogP contribution is -2.32. The number of aryl methyl sites for hydroxylation is 1. The van der Waals surface area contributed by atoms with Crippen LogP contribution in [0.3, 0.4) is 0 Å². The number of pyridine rings is 1. The van der Waals surface area contributed by atoms with Crippen LogP contribution in [0.2, 0.25) is 0 Å². The summed E-state index contributed by atoms with van der Waals surface area (Å²) in [6, 6.07) is 17.1. The van der Waals surface area contributed by atoms with Gasteiger partial charge in [-0.1, -0.05) is 24.3 Å². The Kier molecular flexibility index (Phi) is 5.80. The Morgan fingerprint density at radius 2 is 1.72 bits per heavy atom. The molecule has 2 amide bonds. The second-order valence-corrected chi connectivity index (χ2v) is 9.43. The maximum absolute atomic E-state index is 13.2. The number of carbonyl (C=O) groups is 2. The first-order valence-corrected chi connectivity index (χ1v) is 11.8. The van der Waals surface area contributed by atoms with Crippen molar-refractivity contribution >= 4 is 27.5 Å². The summed E-state index contributed by atoms with van der Waals surface area (Å²) >= 11 is 0. The molecule has 1 aliphatic heterocycles. The van der Waals surface area contributed by atoms with Gasteiger partial charge < -0.3 is 0 Å². The van der Waals surface area contributed by atoms with E-state index in [1.807, 2.05) is 25.1 Å². The number of anilines is 1. The Morgan fingerprint density at radius 3 is 2.38 bits per heavy atom. The maximum atomic E-state index is 13.2. The maximum Gasteiger partial charge on any atom is 0.280 e. The van der Waals surface area contributed by atoms with Crippen LogP contribution < -0.4 is 4.31 Å². The van der Waals surface area contributed by atoms with E-state index in [9.17, 15) is 18.0 Å². The number of sulfonamides is 1. The monoisotopic (exact) mass is 449 g/mol. The Hall–Kier alpha value is -3.52. The smallest absolute Gasteiger partial charge is 0.273 e. The summed E-state index contributed by atoms with van der Waals surface area (Å²) in [5, 5.41) is 0. The van der Waals surface area contributed by atoms with Crippen molar-refractivity contribution in [2.24, 2.45) is 0 Å². The predicted molar refractivity (Wildman–Crippen MR) is 121 cm³/mol. The summed E-state index contributed by atoms with van der Waals surface area (Å²) in [7, 11) is -3.72. The van der Waals surface area contributed by atoms with E-state index in [0.717, 1.165) is 11.1 Å². The highest BCUT2D eigenvalue weighted by Gasteiger charge is 2.36. The van der Waals surface area contributed by atoms with E-state index in [-0.39, 0.29) is 23.0 Å². The van der Waals surface area contributed by atoms with Crippen molar-refractivity contribution in [1.29, 1.82) is 0 Å². The number of rotatable bonds is 7. The number of fused-ring (bicyclic) bond motifs is 1. The molecule has 2 aromatic carbocycles. The SMILES string of the molecule is CCN(c1cccc(C)c1)S(=O)(=O)c1ccc(CCN2C(=O)c3cccnc3C2=O)cc1. The molecule has 1 aromatic heterocycles. The molecule has 0 aliphatic carbocycles. The second-order valence-electron chi connectivity index (χ2n) is 7.56. The van der Waals surface area contributed by atoms with E-state index in [0.29, 0.717) is 24.2 Å². The van der Waals surface area contributed by atoms with Gasteiger partial charge in [-0.2, -0.15) is 0 Å². The number of carbonyl (C=O) groups excluding carboxylic acids is 2. The van der Waals surface area contributed by atoms with E-state index in [1.165, 1.54) is 15.4 Å². The minimum absolute atomic E-state index is 0.176. The molecule has 0 atom stereocenters. The van der Waals surface area contributed by atoms with Crippen molar-refractivity contribution in [1.82, 2.24) is 9.88 Å². The average molecular weight is 450 g/mol. The number of hydrogen-bond acceptors (Lipinski definition) is 5. The first-order chi connectivity index (χ1) is 15.3. The zero-order valence-electron chi connectivity index (χ0n) is 17.9. The Labute approximate surface area is 187 Å². The van der Waals surface area contributed by atoms with Gasteiger partial charge in [-0.15, -0.1) is 0 Å². The zero-order chi connectivity index (χ0) is 22.9. The van der Waals surface area contributed by atoms with E-state index < -0.39 is 15.9 Å². The van der Waals surface area contributed by atoms with Crippen molar-refractivity contribution < 1.29 is 18.0 Å². The van der Waals surface area contributed by atoms with Crippen LogP contribution in [0, 0.1) is 6.92 Å². The summed E-state index contributed by atoms with van der Waals surface area (Å²) in [5.74, 6) is -0.754. The molecule has 164 valence electrons. The molecule has 0 fully saturated rings. The van der Waals surface area contributed by atoms with Gasteiger partial charge in [0.25, 0.3) is 21.8 Å². The van der Waals surface area contributed by atoms with Crippen LogP contribution in [0.1, 0.15) is 38.9 Å². The number of benzene rings is 2. The molecule has 0 N–H and O–H groups in total. The quantitative estimate of drug-likeness (QED) is 0.516. The van der Waals surface area contributed by atoms with Crippen molar-refractivity contribution in [2.45, 2.75) is 25.2 Å². The van der Waals surface area contributed by atoms with E-state index in [1.54, 1.807) is 49.4 Å². The highest BCUT2D eigenvalue weighted by Crippen LogP contribution is 2.25. The van der Waals surface area contributed by atoms with Crippen LogP contribution in [-0.4, -0.2) is 43.2 Å². The van der Waals surface area contributed by atoms with Gasteiger partial charge in [-0.3, -0.25) is 23.8 Å². The summed E-state index contributed by atoms with van der Waals surface area (Å²) in [6.07, 6.45) is 1.91. The van der Waals surface area contributed by atoms with Crippen molar-refractivity contribution in [3.05, 3.63) is 89.2 Å². The molecule has 32 heavy (non-hydrogen) atoms. The van der Waals surface area contributed by atoms with Crippen molar-refractivity contribution in [3.63, 3.8) is 0 Å². The Morgan fingerprint density at radius 1 is 0.969 bits per heavy atom. The zero-order valence-corrected chi connectivity index (χ0v) is 18.7. The molecule has 3 aromatic rings. The van der Waals surface area contributed by atoms with E-state index >= 15 is 0 Å². The van der Waals surface area contributed by atoms with Crippen LogP contribution in [0.4, 0.5) is 5.69 Å². The Bertz CT molecular complexity index is 1250. The van der Waals surface area contributed by atoms with Crippen LogP contribution >= 0.6 is 0 Å². The topological polar surface area (TPSA) is 87.7 Å². The highest BCUT2D eigenvalue weighted by atomic mass is 32.2. The van der Waals surface area contributed by atoms with Crippen molar-refractivity contribution in [3.8, 4) is 0 Å². The predicted octanol–water partition coefficient (Wildman–Crippen LogP) is 3.44. The molecule has 2 heterocycles. The third kappa shape index (κ3) is 3.89. The van der Waals surface area contributed by atoms with E-state index in [4.69, 9.17) is 0 Å². The molecule has 7 nitrogen and oxygen atoms in total. The fraction of sp³-hybridized carbons (Fsp3) is 0.208. The normalized spacial score (nSPS) is 13.4. The largest absolute Gasteiger partial charge is 0.280 e. The van der Waals surface area contributed by atoms with Gasteiger partial charge >= 0.3 is 0 Å². The average Bonchev–Trinajstić information content (AvgIpc) is 3.03. The fourth-order valence-corrected chi connectivity index (χ4v) is 5.25. The lowest BCUT2D eigenvalue weighted by Gasteiger charge is -2.23. The van der Waals surface area contributed by atoms with Crippen LogP contribution in [0.25, 0.3) is 0 Å². The number of hydrogen-bond donors (Lipinski definition) is 0. The van der Waals surface area contributed by atoms with Crippen LogP contribution in [0.15, 0.2) is 71.8 Å². The first kappa shape index (κ1) is 21.7. The standard InChI is InChI=1S/C24H23N3O4S/c1-3-27(19-7-4-6-17(2)16-19)32(30,31)20-11-9-18(10-12-20)13-15-26-23(28)21-8-5-14-25-22(21)24(26)29/h4-12,14,16H,3,13,15H2,1-2H3. The lowest BCUT2D eigenvalue weighted by atomic mass is 10.1. The summed E-state index contributed by atoms with van der Waals surface area (Å²) in [5.41, 5.74) is 2.92. The minimum Gasteiger partial charge on any atom is -0.273 e. The molecule has 8 heteroatoms. The summed E-state index contributed by atoms with van der Waals surface area (Å²) in [6.45, 7) is 4.22. The second kappa shape index (κ2) is 8.55. The third-order valence-electron chi connectivity index (χ3n) is 5.44. The number of imide groups is 1. The van der Waals surface area contributed by atoms with Gasteiger partial charge in [-0.05, 0) is 67.8 Å². The van der Waals surface area contributed by atoms with E-state index in [2.05, 4.69) is 4.98 Å². The van der Waals surface area contributed by atoms with Crippen LogP contribution in [0.5, 0.6) is 0 Å². The molecule has 1 aliphatic rings. The molecule has 0 saturated carbocycles. The first-order valence-electron chi connectivity index (χ1n) is 10.3. The highest BCUT2D eigenvalue weighted by molar-refractivity contribution is 7.92. The molecule has 0 radical (unpaired) electrons. The third-order valence-corrected chi connectivity index (χ3v) is 7.36. The molecule has 0 bridgehead atoms. The molecular formula is C24H23N3O4S. The number of amides is 2. The summed E-state index contributed by atoms with van der Waals surface area (Å²) in [4.78, 5) is 30.3. The molecule has 0 spiro atoms. The number of nitrogens with zero attached hydrogens (tertiary/aromatic N) is 3. The van der Waals surface area contributed by atoms with Gasteiger partial charge in [0.05, 0.1) is 16.1 Å². The summed E-state index contributed by atoms with van der Waals surface area (Å²) < 4.78 is 27.7. The van der Waals surface area contributed by atoms with Gasteiger partial charge in [0.2, 0.25) is 0 Å². The van der Waals surface area contributed by atoms with Gasteiger partial charge in [0.15, 0.2) is 0 Å². The van der Waals surface area contributed by atoms with Crippen molar-refractivity contribution in [2.75, 3.05) is 17.4 Å².